The second-order valence-corrected chi connectivity index (χ2v) is 5.50. The second kappa shape index (κ2) is 5.87. The molecule has 3 nitrogen and oxygen atoms in total. The summed E-state index contributed by atoms with van der Waals surface area (Å²) in [5.41, 5.74) is 0.931. The number of allylic oxidation sites excluding steroid dienone is 1. The van der Waals surface area contributed by atoms with Crippen LogP contribution in [0.2, 0.25) is 0 Å². The zero-order chi connectivity index (χ0) is 12.9. The Morgan fingerprint density at radius 3 is 2.12 bits per heavy atom. The van der Waals surface area contributed by atoms with E-state index in [1.165, 1.54) is 5.41 Å². The molecule has 0 amide bonds. The molecule has 0 N–H and O–H groups in total. The van der Waals surface area contributed by atoms with Crippen LogP contribution in [-0.4, -0.2) is 15.5 Å². The maximum absolute atomic E-state index is 12.0. The zero-order valence-electron chi connectivity index (χ0n) is 10.4. The van der Waals surface area contributed by atoms with Crippen LogP contribution in [0.3, 0.4) is 0 Å². The first kappa shape index (κ1) is 13.8. The maximum atomic E-state index is 12.0. The van der Waals surface area contributed by atoms with E-state index in [0.717, 1.165) is 18.4 Å². The van der Waals surface area contributed by atoms with Gasteiger partial charge >= 0.3 is 0 Å². The summed E-state index contributed by atoms with van der Waals surface area (Å²) in [4.78, 5) is 0.303. The van der Waals surface area contributed by atoms with Crippen LogP contribution in [0.4, 0.5) is 0 Å². The number of hydrogen-bond donors (Lipinski definition) is 0. The molecule has 0 spiro atoms. The Hall–Kier alpha value is -1.29. The summed E-state index contributed by atoms with van der Waals surface area (Å²) in [5, 5.41) is 1.37. The summed E-state index contributed by atoms with van der Waals surface area (Å²) in [5.74, 6) is 0.652. The Labute approximate surface area is 103 Å². The van der Waals surface area contributed by atoms with E-state index in [1.54, 1.807) is 31.4 Å². The van der Waals surface area contributed by atoms with Gasteiger partial charge in [-0.25, -0.2) is 8.42 Å². The Morgan fingerprint density at radius 1 is 1.18 bits per heavy atom. The molecular weight excluding hydrogens is 236 g/mol. The molecule has 0 aromatic heterocycles. The van der Waals surface area contributed by atoms with Crippen LogP contribution in [0.15, 0.2) is 40.1 Å². The molecule has 0 heterocycles. The van der Waals surface area contributed by atoms with Gasteiger partial charge in [-0.1, -0.05) is 19.4 Å². The van der Waals surface area contributed by atoms with E-state index >= 15 is 0 Å². The molecule has 0 unspecified atom stereocenters. The molecule has 0 radical (unpaired) electrons. The first-order chi connectivity index (χ1) is 8.03. The van der Waals surface area contributed by atoms with Gasteiger partial charge in [0.1, 0.15) is 5.75 Å². The molecule has 94 valence electrons. The van der Waals surface area contributed by atoms with Gasteiger partial charge in [0.25, 0.3) is 0 Å². The fraction of sp³-hybridized carbons (Fsp3) is 0.385. The van der Waals surface area contributed by atoms with E-state index in [4.69, 9.17) is 4.74 Å². The molecule has 1 aromatic rings. The topological polar surface area (TPSA) is 43.4 Å². The van der Waals surface area contributed by atoms with Crippen molar-refractivity contribution in [3.8, 4) is 5.75 Å². The number of rotatable bonds is 5. The Kier molecular flexibility index (Phi) is 4.75. The molecule has 1 rings (SSSR count). The molecule has 4 heteroatoms. The molecule has 0 bridgehead atoms. The zero-order valence-corrected chi connectivity index (χ0v) is 11.3. The molecule has 17 heavy (non-hydrogen) atoms. The van der Waals surface area contributed by atoms with Crippen LogP contribution in [-0.2, 0) is 9.84 Å². The molecule has 0 aliphatic heterocycles. The Balaban J connectivity index is 3.09. The normalized spacial score (nSPS) is 11.0. The standard InChI is InChI=1S/C13H18O3S/c1-4-11(5-2)10-17(14,15)13-8-6-12(16-3)7-9-13/h6-10H,4-5H2,1-3H3. The van der Waals surface area contributed by atoms with Crippen LogP contribution < -0.4 is 4.74 Å². The molecule has 0 saturated heterocycles. The molecule has 0 aliphatic carbocycles. The lowest BCUT2D eigenvalue weighted by molar-refractivity contribution is 0.414. The van der Waals surface area contributed by atoms with E-state index < -0.39 is 9.84 Å². The average Bonchev–Trinajstić information content (AvgIpc) is 2.36. The quantitative estimate of drug-likeness (QED) is 0.810. The Bertz CT molecular complexity index is 478. The molecular formula is C13H18O3S. The monoisotopic (exact) mass is 254 g/mol. The van der Waals surface area contributed by atoms with Crippen molar-refractivity contribution >= 4 is 9.84 Å². The van der Waals surface area contributed by atoms with Crippen LogP contribution in [0.25, 0.3) is 0 Å². The number of methoxy groups -OCH3 is 1. The van der Waals surface area contributed by atoms with Gasteiger partial charge in [0.05, 0.1) is 12.0 Å². The fourth-order valence-corrected chi connectivity index (χ4v) is 2.89. The number of hydrogen-bond acceptors (Lipinski definition) is 3. The Morgan fingerprint density at radius 2 is 1.71 bits per heavy atom. The van der Waals surface area contributed by atoms with Crippen LogP contribution in [0.1, 0.15) is 26.7 Å². The van der Waals surface area contributed by atoms with E-state index in [2.05, 4.69) is 0 Å². The first-order valence-electron chi connectivity index (χ1n) is 5.62. The average molecular weight is 254 g/mol. The summed E-state index contributed by atoms with van der Waals surface area (Å²) in [6, 6.07) is 6.43. The lowest BCUT2D eigenvalue weighted by atomic mass is 10.2. The van der Waals surface area contributed by atoms with Gasteiger partial charge in [0, 0.05) is 5.41 Å². The lowest BCUT2D eigenvalue weighted by Crippen LogP contribution is -1.98. The third-order valence-electron chi connectivity index (χ3n) is 2.62. The first-order valence-corrected chi connectivity index (χ1v) is 7.16. The van der Waals surface area contributed by atoms with Gasteiger partial charge in [0.15, 0.2) is 9.84 Å². The minimum absolute atomic E-state index is 0.303. The number of ether oxygens (including phenoxy) is 1. The minimum Gasteiger partial charge on any atom is -0.497 e. The van der Waals surface area contributed by atoms with Crippen LogP contribution in [0, 0.1) is 0 Å². The largest absolute Gasteiger partial charge is 0.497 e. The minimum atomic E-state index is -3.33. The summed E-state index contributed by atoms with van der Waals surface area (Å²) in [6.45, 7) is 3.91. The van der Waals surface area contributed by atoms with E-state index in [0.29, 0.717) is 10.6 Å². The third-order valence-corrected chi connectivity index (χ3v) is 4.19. The highest BCUT2D eigenvalue weighted by atomic mass is 32.2. The van der Waals surface area contributed by atoms with Crippen molar-refractivity contribution in [2.24, 2.45) is 0 Å². The highest BCUT2D eigenvalue weighted by Crippen LogP contribution is 2.19. The molecule has 0 atom stereocenters. The predicted octanol–water partition coefficient (Wildman–Crippen LogP) is 3.17. The molecule has 1 aromatic carbocycles. The van der Waals surface area contributed by atoms with Crippen molar-refractivity contribution in [2.75, 3.05) is 7.11 Å². The summed E-state index contributed by atoms with van der Waals surface area (Å²) in [7, 11) is -1.78. The smallest absolute Gasteiger partial charge is 0.199 e. The predicted molar refractivity (Wildman–Crippen MR) is 68.8 cm³/mol. The van der Waals surface area contributed by atoms with E-state index in [-0.39, 0.29) is 0 Å². The SMILES string of the molecule is CCC(=CS(=O)(=O)c1ccc(OC)cc1)CC. The highest BCUT2D eigenvalue weighted by Gasteiger charge is 2.11. The summed E-state index contributed by atoms with van der Waals surface area (Å²) >= 11 is 0. The fourth-order valence-electron chi connectivity index (χ4n) is 1.47. The van der Waals surface area contributed by atoms with Crippen molar-refractivity contribution in [3.05, 3.63) is 35.2 Å². The van der Waals surface area contributed by atoms with Gasteiger partial charge in [-0.15, -0.1) is 0 Å². The highest BCUT2D eigenvalue weighted by molar-refractivity contribution is 7.94. The summed E-state index contributed by atoms with van der Waals surface area (Å²) < 4.78 is 29.1. The van der Waals surface area contributed by atoms with Gasteiger partial charge in [-0.05, 0) is 37.1 Å². The molecule has 0 aliphatic rings. The molecule has 0 saturated carbocycles. The van der Waals surface area contributed by atoms with Gasteiger partial charge in [-0.3, -0.25) is 0 Å². The second-order valence-electron chi connectivity index (χ2n) is 3.70. The van der Waals surface area contributed by atoms with Gasteiger partial charge < -0.3 is 4.74 Å². The van der Waals surface area contributed by atoms with Crippen molar-refractivity contribution in [1.29, 1.82) is 0 Å². The molecule has 0 fully saturated rings. The van der Waals surface area contributed by atoms with Crippen LogP contribution in [0.5, 0.6) is 5.75 Å². The number of benzene rings is 1. The summed E-state index contributed by atoms with van der Waals surface area (Å²) in [6.07, 6.45) is 1.51. The van der Waals surface area contributed by atoms with Crippen molar-refractivity contribution in [1.82, 2.24) is 0 Å². The van der Waals surface area contributed by atoms with Crippen LogP contribution >= 0.6 is 0 Å². The van der Waals surface area contributed by atoms with Crippen molar-refractivity contribution in [3.63, 3.8) is 0 Å². The number of sulfone groups is 1. The van der Waals surface area contributed by atoms with Crippen molar-refractivity contribution < 1.29 is 13.2 Å². The maximum Gasteiger partial charge on any atom is 0.199 e. The van der Waals surface area contributed by atoms with Crippen molar-refractivity contribution in [2.45, 2.75) is 31.6 Å². The van der Waals surface area contributed by atoms with Gasteiger partial charge in [0.2, 0.25) is 0 Å². The van der Waals surface area contributed by atoms with Gasteiger partial charge in [-0.2, -0.15) is 0 Å². The lowest BCUT2D eigenvalue weighted by Gasteiger charge is -2.04. The third kappa shape index (κ3) is 3.60. The van der Waals surface area contributed by atoms with E-state index in [9.17, 15) is 8.42 Å². The van der Waals surface area contributed by atoms with E-state index in [1.807, 2.05) is 13.8 Å².